The van der Waals surface area contributed by atoms with Crippen molar-refractivity contribution in [1.82, 2.24) is 23.7 Å². The fraction of sp³-hybridized carbons (Fsp3) is 0. The highest BCUT2D eigenvalue weighted by atomic mass is 15.0. The Balaban J connectivity index is 1.20. The summed E-state index contributed by atoms with van der Waals surface area (Å²) in [4.78, 5) is 10.7. The Morgan fingerprint density at radius 2 is 0.762 bits per heavy atom. The Hall–Kier alpha value is -8.54. The highest BCUT2D eigenvalue weighted by Crippen LogP contribution is 2.47. The first-order chi connectivity index (χ1) is 31.3. The highest BCUT2D eigenvalue weighted by Gasteiger charge is 2.26. The first-order valence-corrected chi connectivity index (χ1v) is 21.4. The van der Waals surface area contributed by atoms with Gasteiger partial charge in [0, 0.05) is 66.1 Å². The van der Waals surface area contributed by atoms with Crippen LogP contribution in [0.15, 0.2) is 224 Å². The molecule has 4 heterocycles. The molecule has 0 aliphatic rings. The van der Waals surface area contributed by atoms with Crippen LogP contribution in [0.2, 0.25) is 0 Å². The number of hydrogen-bond acceptors (Lipinski definition) is 2. The van der Waals surface area contributed by atoms with E-state index in [1.165, 1.54) is 38.0 Å². The van der Waals surface area contributed by atoms with Gasteiger partial charge < -0.3 is 13.7 Å². The number of aromatic nitrogens is 5. The van der Waals surface area contributed by atoms with Gasteiger partial charge in [-0.3, -0.25) is 0 Å². The van der Waals surface area contributed by atoms with Gasteiger partial charge in [-0.05, 0) is 72.8 Å². The summed E-state index contributed by atoms with van der Waals surface area (Å²) < 4.78 is 7.30. The van der Waals surface area contributed by atoms with Gasteiger partial charge in [-0.1, -0.05) is 152 Å². The molecule has 4 aromatic heterocycles. The van der Waals surface area contributed by atoms with Crippen molar-refractivity contribution in [3.8, 4) is 51.0 Å². The average Bonchev–Trinajstić information content (AvgIpc) is 4.00. The summed E-state index contributed by atoms with van der Waals surface area (Å²) in [6.07, 6.45) is 0. The first kappa shape index (κ1) is 35.2. The number of benzene rings is 9. The van der Waals surface area contributed by atoms with Gasteiger partial charge in [-0.15, -0.1) is 0 Å². The lowest BCUT2D eigenvalue weighted by molar-refractivity contribution is 1.16. The second-order valence-corrected chi connectivity index (χ2v) is 16.2. The Morgan fingerprint density at radius 1 is 0.286 bits per heavy atom. The third-order valence-corrected chi connectivity index (χ3v) is 12.6. The van der Waals surface area contributed by atoms with Crippen molar-refractivity contribution in [3.63, 3.8) is 0 Å². The Labute approximate surface area is 363 Å². The number of hydrogen-bond donors (Lipinski definition) is 0. The normalized spacial score (nSPS) is 11.8. The van der Waals surface area contributed by atoms with Crippen LogP contribution in [0.5, 0.6) is 0 Å². The standard InChI is InChI=1S/C58H37N5/c1-5-19-38(20-6-1)48-37-49(60-58(59-48)39-21-7-2-8-22-39)47-36-54-56(57-55(47)44-28-14-18-32-52(44)63(57)41-25-11-4-12-26-41)45-29-15-17-31-51(45)62(54)42-33-34-53-46(35-42)43-27-13-16-30-50(43)61(53)40-23-9-3-10-24-40/h1-37H. The van der Waals surface area contributed by atoms with E-state index in [1.54, 1.807) is 0 Å². The molecule has 9 aromatic carbocycles. The van der Waals surface area contributed by atoms with E-state index in [0.29, 0.717) is 5.82 Å². The molecule has 0 spiro atoms. The van der Waals surface area contributed by atoms with Crippen LogP contribution in [-0.4, -0.2) is 23.7 Å². The van der Waals surface area contributed by atoms with Crippen molar-refractivity contribution in [2.75, 3.05) is 0 Å². The second kappa shape index (κ2) is 14.0. The lowest BCUT2D eigenvalue weighted by Crippen LogP contribution is -1.99. The van der Waals surface area contributed by atoms with Crippen LogP contribution in [-0.2, 0) is 0 Å². The molecule has 0 N–H and O–H groups in total. The number of nitrogens with zero attached hydrogens (tertiary/aromatic N) is 5. The quantitative estimate of drug-likeness (QED) is 0.168. The molecule has 294 valence electrons. The molecule has 0 aliphatic heterocycles. The van der Waals surface area contributed by atoms with Gasteiger partial charge >= 0.3 is 0 Å². The summed E-state index contributed by atoms with van der Waals surface area (Å²) in [6.45, 7) is 0. The third kappa shape index (κ3) is 5.43. The summed E-state index contributed by atoms with van der Waals surface area (Å²) >= 11 is 0. The number of para-hydroxylation sites is 5. The molecular formula is C58H37N5. The molecule has 0 amide bonds. The summed E-state index contributed by atoms with van der Waals surface area (Å²) in [5.41, 5.74) is 15.0. The molecule has 0 radical (unpaired) electrons. The molecule has 5 nitrogen and oxygen atoms in total. The Morgan fingerprint density at radius 3 is 1.43 bits per heavy atom. The number of fused-ring (bicyclic) bond motifs is 10. The highest BCUT2D eigenvalue weighted by molar-refractivity contribution is 6.30. The molecular weight excluding hydrogens is 767 g/mol. The van der Waals surface area contributed by atoms with Crippen LogP contribution < -0.4 is 0 Å². The molecule has 0 atom stereocenters. The van der Waals surface area contributed by atoms with E-state index in [0.717, 1.165) is 72.6 Å². The molecule has 13 rings (SSSR count). The van der Waals surface area contributed by atoms with Crippen LogP contribution in [0.25, 0.3) is 116 Å². The van der Waals surface area contributed by atoms with E-state index in [-0.39, 0.29) is 0 Å². The fourth-order valence-corrected chi connectivity index (χ4v) is 9.94. The maximum atomic E-state index is 5.48. The van der Waals surface area contributed by atoms with Crippen molar-refractivity contribution < 1.29 is 0 Å². The minimum absolute atomic E-state index is 0.688. The van der Waals surface area contributed by atoms with Crippen molar-refractivity contribution in [1.29, 1.82) is 0 Å². The summed E-state index contributed by atoms with van der Waals surface area (Å²) in [6, 6.07) is 80.2. The zero-order chi connectivity index (χ0) is 41.4. The maximum absolute atomic E-state index is 5.48. The summed E-state index contributed by atoms with van der Waals surface area (Å²) in [5.74, 6) is 0.688. The molecule has 0 aliphatic carbocycles. The van der Waals surface area contributed by atoms with E-state index in [9.17, 15) is 0 Å². The monoisotopic (exact) mass is 803 g/mol. The van der Waals surface area contributed by atoms with E-state index in [4.69, 9.17) is 9.97 Å². The van der Waals surface area contributed by atoms with Crippen LogP contribution in [0.4, 0.5) is 0 Å². The second-order valence-electron chi connectivity index (χ2n) is 16.2. The van der Waals surface area contributed by atoms with Crippen LogP contribution >= 0.6 is 0 Å². The molecule has 0 unspecified atom stereocenters. The predicted octanol–water partition coefficient (Wildman–Crippen LogP) is 14.8. The molecule has 0 saturated heterocycles. The average molecular weight is 804 g/mol. The third-order valence-electron chi connectivity index (χ3n) is 12.6. The van der Waals surface area contributed by atoms with Crippen LogP contribution in [0.3, 0.4) is 0 Å². The fourth-order valence-electron chi connectivity index (χ4n) is 9.94. The van der Waals surface area contributed by atoms with Crippen LogP contribution in [0.1, 0.15) is 0 Å². The van der Waals surface area contributed by atoms with Gasteiger partial charge in [0.05, 0.1) is 44.5 Å². The van der Waals surface area contributed by atoms with E-state index in [2.05, 4.69) is 232 Å². The molecule has 63 heavy (non-hydrogen) atoms. The van der Waals surface area contributed by atoms with Crippen molar-refractivity contribution in [3.05, 3.63) is 224 Å². The predicted molar refractivity (Wildman–Crippen MR) is 261 cm³/mol. The van der Waals surface area contributed by atoms with Gasteiger partial charge in [0.1, 0.15) is 0 Å². The smallest absolute Gasteiger partial charge is 0.160 e. The van der Waals surface area contributed by atoms with Gasteiger partial charge in [-0.25, -0.2) is 9.97 Å². The van der Waals surface area contributed by atoms with Gasteiger partial charge in [-0.2, -0.15) is 0 Å². The molecule has 5 heteroatoms. The lowest BCUT2D eigenvalue weighted by atomic mass is 9.98. The summed E-state index contributed by atoms with van der Waals surface area (Å²) in [7, 11) is 0. The maximum Gasteiger partial charge on any atom is 0.160 e. The van der Waals surface area contributed by atoms with Crippen LogP contribution in [0, 0.1) is 0 Å². The van der Waals surface area contributed by atoms with Gasteiger partial charge in [0.15, 0.2) is 5.82 Å². The first-order valence-electron chi connectivity index (χ1n) is 21.4. The minimum atomic E-state index is 0.688. The molecule has 0 bridgehead atoms. The van der Waals surface area contributed by atoms with Crippen molar-refractivity contribution >= 4 is 65.4 Å². The minimum Gasteiger partial charge on any atom is -0.309 e. The summed E-state index contributed by atoms with van der Waals surface area (Å²) in [5, 5.41) is 7.12. The van der Waals surface area contributed by atoms with Crippen molar-refractivity contribution in [2.45, 2.75) is 0 Å². The SMILES string of the molecule is c1ccc(-c2cc(-c3cc4c(c5ccccc5n4-c4ccc5c(c4)c4ccccc4n5-c4ccccc4)c4c3c3ccccc3n4-c3ccccc3)nc(-c3ccccc3)n2)cc1. The Bertz CT molecular complexity index is 3820. The van der Waals surface area contributed by atoms with E-state index >= 15 is 0 Å². The number of rotatable bonds is 6. The van der Waals surface area contributed by atoms with Crippen molar-refractivity contribution in [2.24, 2.45) is 0 Å². The molecule has 0 fully saturated rings. The molecule has 13 aromatic rings. The Kier molecular flexibility index (Phi) is 7.84. The zero-order valence-corrected chi connectivity index (χ0v) is 34.1. The van der Waals surface area contributed by atoms with E-state index in [1.807, 2.05) is 6.07 Å². The van der Waals surface area contributed by atoms with E-state index < -0.39 is 0 Å². The molecule has 0 saturated carbocycles. The topological polar surface area (TPSA) is 40.6 Å². The lowest BCUT2D eigenvalue weighted by Gasteiger charge is -2.14. The zero-order valence-electron chi connectivity index (χ0n) is 34.1. The largest absolute Gasteiger partial charge is 0.309 e. The van der Waals surface area contributed by atoms with Gasteiger partial charge in [0.2, 0.25) is 0 Å². The van der Waals surface area contributed by atoms with Gasteiger partial charge in [0.25, 0.3) is 0 Å².